The fraction of sp³-hybridized carbons (Fsp3) is 0.125. The summed E-state index contributed by atoms with van der Waals surface area (Å²) in [5, 5.41) is 4.02. The van der Waals surface area contributed by atoms with Crippen LogP contribution in [0.4, 0.5) is 0 Å². The minimum Gasteiger partial charge on any atom is -0.302 e. The summed E-state index contributed by atoms with van der Waals surface area (Å²) in [6, 6.07) is 1.43. The molecule has 0 unspecified atom stereocenters. The van der Waals surface area contributed by atoms with Crippen LogP contribution in [-0.4, -0.2) is 19.3 Å². The molecule has 0 radical (unpaired) electrons. The van der Waals surface area contributed by atoms with Gasteiger partial charge in [0, 0.05) is 19.3 Å². The second-order valence-electron chi connectivity index (χ2n) is 2.80. The van der Waals surface area contributed by atoms with Gasteiger partial charge in [0.1, 0.15) is 0 Å². The lowest BCUT2D eigenvalue weighted by Gasteiger charge is -2.00. The Hall–Kier alpha value is -1.43. The van der Waals surface area contributed by atoms with E-state index in [0.717, 1.165) is 4.47 Å². The molecule has 0 aliphatic rings. The Bertz CT molecular complexity index is 516. The number of aryl methyl sites for hydroxylation is 1. The normalized spacial score (nSPS) is 10.4. The molecule has 72 valence electrons. The van der Waals surface area contributed by atoms with Gasteiger partial charge in [0.15, 0.2) is 5.82 Å². The lowest BCUT2D eigenvalue weighted by atomic mass is 10.5. The highest BCUT2D eigenvalue weighted by Crippen LogP contribution is 2.08. The first kappa shape index (κ1) is 9.14. The first-order valence-electron chi connectivity index (χ1n) is 3.90. The van der Waals surface area contributed by atoms with Crippen LogP contribution in [0.5, 0.6) is 0 Å². The highest BCUT2D eigenvalue weighted by atomic mass is 79.9. The van der Waals surface area contributed by atoms with Crippen molar-refractivity contribution in [2.24, 2.45) is 7.05 Å². The predicted octanol–water partition coefficient (Wildman–Crippen LogP) is 0.728. The minimum absolute atomic E-state index is 0.110. The maximum absolute atomic E-state index is 11.3. The number of hydrogen-bond acceptors (Lipinski definition) is 3. The predicted molar refractivity (Wildman–Crippen MR) is 54.3 cm³/mol. The molecule has 14 heavy (non-hydrogen) atoms. The van der Waals surface area contributed by atoms with Crippen LogP contribution in [-0.2, 0) is 7.05 Å². The molecule has 0 aliphatic heterocycles. The van der Waals surface area contributed by atoms with Crippen LogP contribution in [0.3, 0.4) is 0 Å². The van der Waals surface area contributed by atoms with Gasteiger partial charge in [-0.15, -0.1) is 0 Å². The van der Waals surface area contributed by atoms with E-state index in [1.165, 1.54) is 21.6 Å². The van der Waals surface area contributed by atoms with Gasteiger partial charge in [-0.05, 0) is 15.9 Å². The summed E-state index contributed by atoms with van der Waals surface area (Å²) in [6.07, 6.45) is 4.84. The summed E-state index contributed by atoms with van der Waals surface area (Å²) in [5.74, 6) is 0.513. The second kappa shape index (κ2) is 3.38. The van der Waals surface area contributed by atoms with Crippen LogP contribution in [0, 0.1) is 0 Å². The zero-order chi connectivity index (χ0) is 10.1. The van der Waals surface area contributed by atoms with E-state index in [1.54, 1.807) is 19.4 Å². The van der Waals surface area contributed by atoms with E-state index in [0.29, 0.717) is 5.82 Å². The van der Waals surface area contributed by atoms with Crippen molar-refractivity contribution < 1.29 is 0 Å². The Morgan fingerprint density at radius 2 is 2.29 bits per heavy atom. The summed E-state index contributed by atoms with van der Waals surface area (Å²) in [4.78, 5) is 15.4. The van der Waals surface area contributed by atoms with E-state index in [4.69, 9.17) is 0 Å². The van der Waals surface area contributed by atoms with Gasteiger partial charge in [-0.1, -0.05) is 0 Å². The molecule has 0 amide bonds. The van der Waals surface area contributed by atoms with Crippen molar-refractivity contribution in [1.82, 2.24) is 19.3 Å². The fourth-order valence-corrected chi connectivity index (χ4v) is 1.29. The molecule has 2 aromatic rings. The molecule has 2 rings (SSSR count). The molecule has 0 saturated heterocycles. The summed E-state index contributed by atoms with van der Waals surface area (Å²) in [7, 11) is 1.65. The number of aromatic nitrogens is 4. The van der Waals surface area contributed by atoms with Crippen molar-refractivity contribution >= 4 is 15.9 Å². The molecule has 0 bridgehead atoms. The monoisotopic (exact) mass is 254 g/mol. The number of hydrogen-bond donors (Lipinski definition) is 0. The quantitative estimate of drug-likeness (QED) is 0.754. The maximum Gasteiger partial charge on any atom is 0.255 e. The second-order valence-corrected chi connectivity index (χ2v) is 3.72. The molecule has 2 aromatic heterocycles. The van der Waals surface area contributed by atoms with Crippen LogP contribution in [0.2, 0.25) is 0 Å². The molecule has 0 aliphatic carbocycles. The van der Waals surface area contributed by atoms with Crippen molar-refractivity contribution in [2.45, 2.75) is 0 Å². The maximum atomic E-state index is 11.3. The summed E-state index contributed by atoms with van der Waals surface area (Å²) in [5.41, 5.74) is -0.110. The summed E-state index contributed by atoms with van der Waals surface area (Å²) >= 11 is 3.27. The van der Waals surface area contributed by atoms with E-state index in [9.17, 15) is 4.79 Å². The number of halogens is 1. The van der Waals surface area contributed by atoms with Crippen molar-refractivity contribution in [1.29, 1.82) is 0 Å². The lowest BCUT2D eigenvalue weighted by Crippen LogP contribution is -2.17. The Labute approximate surface area is 88.1 Å². The first-order chi connectivity index (χ1) is 6.66. The Morgan fingerprint density at radius 3 is 2.86 bits per heavy atom. The van der Waals surface area contributed by atoms with Crippen molar-refractivity contribution in [3.8, 4) is 5.82 Å². The molecule has 0 fully saturated rings. The third-order valence-electron chi connectivity index (χ3n) is 1.75. The van der Waals surface area contributed by atoms with Gasteiger partial charge in [-0.25, -0.2) is 9.67 Å². The van der Waals surface area contributed by atoms with E-state index in [1.807, 2.05) is 0 Å². The largest absolute Gasteiger partial charge is 0.302 e. The van der Waals surface area contributed by atoms with Gasteiger partial charge in [0.2, 0.25) is 0 Å². The van der Waals surface area contributed by atoms with Crippen LogP contribution < -0.4 is 5.56 Å². The zero-order valence-corrected chi connectivity index (χ0v) is 8.97. The fourth-order valence-electron chi connectivity index (χ4n) is 1.00. The Kier molecular flexibility index (Phi) is 2.20. The van der Waals surface area contributed by atoms with Gasteiger partial charge in [-0.3, -0.25) is 4.79 Å². The molecule has 0 N–H and O–H groups in total. The average molecular weight is 255 g/mol. The third kappa shape index (κ3) is 1.60. The van der Waals surface area contributed by atoms with E-state index < -0.39 is 0 Å². The molecule has 0 spiro atoms. The van der Waals surface area contributed by atoms with Crippen molar-refractivity contribution in [2.75, 3.05) is 0 Å². The Balaban J connectivity index is 2.53. The van der Waals surface area contributed by atoms with E-state index >= 15 is 0 Å². The topological polar surface area (TPSA) is 52.7 Å². The SMILES string of the molecule is Cn1cnc(-n2cc(Br)cn2)cc1=O. The van der Waals surface area contributed by atoms with Crippen molar-refractivity contribution in [3.05, 3.63) is 39.6 Å². The Morgan fingerprint density at radius 1 is 1.50 bits per heavy atom. The van der Waals surface area contributed by atoms with Crippen molar-refractivity contribution in [3.63, 3.8) is 0 Å². The summed E-state index contributed by atoms with van der Waals surface area (Å²) in [6.45, 7) is 0. The molecular formula is C8H7BrN4O. The molecule has 0 saturated carbocycles. The highest BCUT2D eigenvalue weighted by molar-refractivity contribution is 9.10. The van der Waals surface area contributed by atoms with Gasteiger partial charge < -0.3 is 4.57 Å². The number of rotatable bonds is 1. The van der Waals surface area contributed by atoms with Crippen LogP contribution in [0.15, 0.2) is 34.1 Å². The minimum atomic E-state index is -0.110. The van der Waals surface area contributed by atoms with Gasteiger partial charge in [-0.2, -0.15) is 5.10 Å². The highest BCUT2D eigenvalue weighted by Gasteiger charge is 2.01. The van der Waals surface area contributed by atoms with Crippen LogP contribution >= 0.6 is 15.9 Å². The average Bonchev–Trinajstić information content (AvgIpc) is 2.57. The van der Waals surface area contributed by atoms with Gasteiger partial charge >= 0.3 is 0 Å². The molecule has 2 heterocycles. The van der Waals surface area contributed by atoms with Crippen LogP contribution in [0.1, 0.15) is 0 Å². The smallest absolute Gasteiger partial charge is 0.255 e. The molecular weight excluding hydrogens is 248 g/mol. The first-order valence-corrected chi connectivity index (χ1v) is 4.69. The lowest BCUT2D eigenvalue weighted by molar-refractivity contribution is 0.776. The van der Waals surface area contributed by atoms with Crippen LogP contribution in [0.25, 0.3) is 5.82 Å². The van der Waals surface area contributed by atoms with Gasteiger partial charge in [0.05, 0.1) is 17.0 Å². The number of nitrogens with zero attached hydrogens (tertiary/aromatic N) is 4. The van der Waals surface area contributed by atoms with Gasteiger partial charge in [0.25, 0.3) is 5.56 Å². The third-order valence-corrected chi connectivity index (χ3v) is 2.16. The molecule has 0 aromatic carbocycles. The van der Waals surface area contributed by atoms with E-state index in [-0.39, 0.29) is 5.56 Å². The standard InChI is InChI=1S/C8H7BrN4O/c1-12-5-10-7(2-8(12)14)13-4-6(9)3-11-13/h2-5H,1H3. The molecule has 5 nitrogen and oxygen atoms in total. The van der Waals surface area contributed by atoms with E-state index in [2.05, 4.69) is 26.0 Å². The molecule has 0 atom stereocenters. The zero-order valence-electron chi connectivity index (χ0n) is 7.38. The molecule has 6 heteroatoms. The summed E-state index contributed by atoms with van der Waals surface area (Å²) < 4.78 is 3.79.